The first-order valence-corrected chi connectivity index (χ1v) is 11.4. The minimum Gasteiger partial charge on any atom is -0.360 e. The maximum absolute atomic E-state index is 14.1. The molecule has 3 rings (SSSR count). The average Bonchev–Trinajstić information content (AvgIpc) is 2.79. The van der Waals surface area contributed by atoms with Gasteiger partial charge in [-0.2, -0.15) is 4.31 Å². The van der Waals surface area contributed by atoms with Gasteiger partial charge in [-0.05, 0) is 36.6 Å². The molecule has 172 valence electrons. The minimum atomic E-state index is -4.44. The monoisotopic (exact) mass is 467 g/mol. The first-order valence-electron chi connectivity index (χ1n) is 9.97. The van der Waals surface area contributed by atoms with Crippen LogP contribution in [0, 0.1) is 11.6 Å². The number of hydrogen-bond acceptors (Lipinski definition) is 5. The molecule has 1 aliphatic rings. The Hall–Kier alpha value is -2.89. The molecular weight excluding hydrogens is 444 g/mol. The lowest BCUT2D eigenvalue weighted by molar-refractivity contribution is -0.140. The van der Waals surface area contributed by atoms with E-state index in [1.807, 2.05) is 30.3 Å². The van der Waals surface area contributed by atoms with Crippen LogP contribution in [-0.4, -0.2) is 57.0 Å². The van der Waals surface area contributed by atoms with E-state index in [4.69, 9.17) is 4.74 Å². The minimum absolute atomic E-state index is 0.0118. The number of carbonyl (C=O) groups excluding carboxylic acids is 2. The van der Waals surface area contributed by atoms with Gasteiger partial charge in [-0.3, -0.25) is 9.59 Å². The lowest BCUT2D eigenvalue weighted by atomic mass is 10.1. The molecule has 2 amide bonds. The smallest absolute Gasteiger partial charge is 0.309 e. The number of nitrogens with one attached hydrogen (secondary N) is 2. The van der Waals surface area contributed by atoms with Crippen LogP contribution in [-0.2, 0) is 30.8 Å². The average molecular weight is 467 g/mol. The summed E-state index contributed by atoms with van der Waals surface area (Å²) in [5.74, 6) is -3.83. The zero-order valence-corrected chi connectivity index (χ0v) is 17.9. The summed E-state index contributed by atoms with van der Waals surface area (Å²) in [6.07, 6.45) is -0.297. The molecule has 1 heterocycles. The third-order valence-electron chi connectivity index (χ3n) is 4.82. The van der Waals surface area contributed by atoms with Crippen molar-refractivity contribution in [3.63, 3.8) is 0 Å². The Morgan fingerprint density at radius 2 is 1.78 bits per heavy atom. The van der Waals surface area contributed by atoms with Crippen molar-refractivity contribution < 1.29 is 31.5 Å². The summed E-state index contributed by atoms with van der Waals surface area (Å²) < 4.78 is 59.6. The number of amides is 2. The molecule has 0 aromatic heterocycles. The standard InChI is InChI=1S/C21H23F2N3O5S/c22-16-7-8-17(23)18(13-16)32(29,30)26-11-4-12-31-19(26)14-25-21(28)20(27)24-10-9-15-5-2-1-3-6-15/h1-3,5-8,13,19H,4,9-12,14H2,(H,24,27)(H,25,28)/t19-/m0/s1. The Morgan fingerprint density at radius 1 is 1.06 bits per heavy atom. The van der Waals surface area contributed by atoms with Crippen LogP contribution in [0.15, 0.2) is 53.4 Å². The molecule has 0 saturated carbocycles. The fourth-order valence-electron chi connectivity index (χ4n) is 3.21. The Labute approximate surface area is 184 Å². The summed E-state index contributed by atoms with van der Waals surface area (Å²) in [6, 6.07) is 11.5. The van der Waals surface area contributed by atoms with E-state index in [0.29, 0.717) is 18.9 Å². The molecule has 2 aromatic rings. The van der Waals surface area contributed by atoms with E-state index in [0.717, 1.165) is 22.0 Å². The summed E-state index contributed by atoms with van der Waals surface area (Å²) in [4.78, 5) is 23.3. The van der Waals surface area contributed by atoms with Gasteiger partial charge in [0.2, 0.25) is 10.0 Å². The van der Waals surface area contributed by atoms with E-state index in [1.165, 1.54) is 0 Å². The van der Waals surface area contributed by atoms with Gasteiger partial charge in [-0.25, -0.2) is 17.2 Å². The summed E-state index contributed by atoms with van der Waals surface area (Å²) >= 11 is 0. The highest BCUT2D eigenvalue weighted by Crippen LogP contribution is 2.24. The second-order valence-corrected chi connectivity index (χ2v) is 8.93. The third kappa shape index (κ3) is 5.87. The highest BCUT2D eigenvalue weighted by atomic mass is 32.2. The molecule has 0 spiro atoms. The molecule has 1 fully saturated rings. The van der Waals surface area contributed by atoms with Crippen molar-refractivity contribution in [1.82, 2.24) is 14.9 Å². The summed E-state index contributed by atoms with van der Waals surface area (Å²) in [6.45, 7) is 0.111. The summed E-state index contributed by atoms with van der Waals surface area (Å²) in [5.41, 5.74) is 0.995. The fraction of sp³-hybridized carbons (Fsp3) is 0.333. The van der Waals surface area contributed by atoms with E-state index < -0.39 is 44.6 Å². The maximum Gasteiger partial charge on any atom is 0.309 e. The van der Waals surface area contributed by atoms with Gasteiger partial charge in [0.05, 0.1) is 13.2 Å². The number of halogens is 2. The number of carbonyl (C=O) groups is 2. The highest BCUT2D eigenvalue weighted by molar-refractivity contribution is 7.89. The van der Waals surface area contributed by atoms with Crippen LogP contribution < -0.4 is 10.6 Å². The Morgan fingerprint density at radius 3 is 2.53 bits per heavy atom. The molecule has 8 nitrogen and oxygen atoms in total. The first-order chi connectivity index (χ1) is 15.3. The number of sulfonamides is 1. The predicted octanol–water partition coefficient (Wildman–Crippen LogP) is 1.18. The van der Waals surface area contributed by atoms with Crippen LogP contribution in [0.5, 0.6) is 0 Å². The van der Waals surface area contributed by atoms with Gasteiger partial charge in [0.25, 0.3) is 0 Å². The van der Waals surface area contributed by atoms with Gasteiger partial charge in [0.15, 0.2) is 0 Å². The Bertz CT molecular complexity index is 1070. The molecule has 0 unspecified atom stereocenters. The van der Waals surface area contributed by atoms with Crippen molar-refractivity contribution in [2.75, 3.05) is 26.2 Å². The number of hydrogen-bond donors (Lipinski definition) is 2. The van der Waals surface area contributed by atoms with Crippen molar-refractivity contribution in [2.45, 2.75) is 24.0 Å². The lowest BCUT2D eigenvalue weighted by Gasteiger charge is -2.34. The topological polar surface area (TPSA) is 105 Å². The van der Waals surface area contributed by atoms with E-state index in [2.05, 4.69) is 10.6 Å². The summed E-state index contributed by atoms with van der Waals surface area (Å²) in [5, 5.41) is 4.82. The van der Waals surface area contributed by atoms with Crippen LogP contribution in [0.1, 0.15) is 12.0 Å². The number of nitrogens with zero attached hydrogens (tertiary/aromatic N) is 1. The number of benzene rings is 2. The van der Waals surface area contributed by atoms with Crippen molar-refractivity contribution in [1.29, 1.82) is 0 Å². The van der Waals surface area contributed by atoms with E-state index >= 15 is 0 Å². The maximum atomic E-state index is 14.1. The molecule has 2 N–H and O–H groups in total. The van der Waals surface area contributed by atoms with Gasteiger partial charge < -0.3 is 15.4 Å². The first kappa shape index (κ1) is 23.8. The highest BCUT2D eigenvalue weighted by Gasteiger charge is 2.36. The predicted molar refractivity (Wildman–Crippen MR) is 111 cm³/mol. The second-order valence-electron chi connectivity index (χ2n) is 7.07. The molecule has 0 radical (unpaired) electrons. The zero-order valence-electron chi connectivity index (χ0n) is 17.1. The second kappa shape index (κ2) is 10.6. The molecule has 0 aliphatic carbocycles. The normalized spacial score (nSPS) is 17.0. The third-order valence-corrected chi connectivity index (χ3v) is 6.72. The van der Waals surface area contributed by atoms with Gasteiger partial charge in [-0.1, -0.05) is 30.3 Å². The molecule has 0 bridgehead atoms. The quantitative estimate of drug-likeness (QED) is 0.595. The van der Waals surface area contributed by atoms with Crippen molar-refractivity contribution >= 4 is 21.8 Å². The van der Waals surface area contributed by atoms with Crippen LogP contribution in [0.2, 0.25) is 0 Å². The summed E-state index contributed by atoms with van der Waals surface area (Å²) in [7, 11) is -4.44. The van der Waals surface area contributed by atoms with E-state index in [1.54, 1.807) is 0 Å². The fourth-order valence-corrected chi connectivity index (χ4v) is 4.85. The number of rotatable bonds is 7. The van der Waals surface area contributed by atoms with E-state index in [9.17, 15) is 26.8 Å². The van der Waals surface area contributed by atoms with Crippen LogP contribution in [0.3, 0.4) is 0 Å². The Kier molecular flexibility index (Phi) is 7.89. The molecular formula is C21H23F2N3O5S. The molecule has 1 saturated heterocycles. The lowest BCUT2D eigenvalue weighted by Crippen LogP contribution is -2.53. The zero-order chi connectivity index (χ0) is 23.1. The van der Waals surface area contributed by atoms with Crippen LogP contribution >= 0.6 is 0 Å². The van der Waals surface area contributed by atoms with Crippen molar-refractivity contribution in [3.05, 3.63) is 65.7 Å². The molecule has 1 aliphatic heterocycles. The van der Waals surface area contributed by atoms with Gasteiger partial charge in [-0.15, -0.1) is 0 Å². The Balaban J connectivity index is 1.58. The molecule has 1 atom stereocenters. The van der Waals surface area contributed by atoms with Gasteiger partial charge in [0.1, 0.15) is 22.8 Å². The molecule has 2 aromatic carbocycles. The number of ether oxygens (including phenoxy) is 1. The molecule has 32 heavy (non-hydrogen) atoms. The molecule has 11 heteroatoms. The van der Waals surface area contributed by atoms with Crippen molar-refractivity contribution in [3.8, 4) is 0 Å². The van der Waals surface area contributed by atoms with Crippen LogP contribution in [0.4, 0.5) is 8.78 Å². The largest absolute Gasteiger partial charge is 0.360 e. The van der Waals surface area contributed by atoms with E-state index in [-0.39, 0.29) is 26.2 Å². The van der Waals surface area contributed by atoms with Gasteiger partial charge in [0, 0.05) is 13.1 Å². The van der Waals surface area contributed by atoms with Crippen LogP contribution in [0.25, 0.3) is 0 Å². The SMILES string of the molecule is O=C(NCCc1ccccc1)C(=O)NC[C@@H]1OCCCN1S(=O)(=O)c1cc(F)ccc1F. The van der Waals surface area contributed by atoms with Gasteiger partial charge >= 0.3 is 11.8 Å². The van der Waals surface area contributed by atoms with Crippen molar-refractivity contribution in [2.24, 2.45) is 0 Å².